The van der Waals surface area contributed by atoms with Gasteiger partial charge in [0.2, 0.25) is 5.95 Å². The summed E-state index contributed by atoms with van der Waals surface area (Å²) < 4.78 is 17.1. The maximum absolute atomic E-state index is 13.0. The van der Waals surface area contributed by atoms with Crippen molar-refractivity contribution in [2.45, 2.75) is 26.3 Å². The van der Waals surface area contributed by atoms with E-state index in [1.165, 1.54) is 12.8 Å². The Morgan fingerprint density at radius 3 is 2.41 bits per heavy atom. The van der Waals surface area contributed by atoms with Gasteiger partial charge in [0.15, 0.2) is 0 Å². The molecule has 2 aliphatic heterocycles. The number of likely N-dealkylation sites (tertiary alicyclic amines) is 1. The quantitative estimate of drug-likeness (QED) is 0.117. The number of nitrogens with one attached hydrogen (secondary N) is 1. The predicted octanol–water partition coefficient (Wildman–Crippen LogP) is 6.92. The average molecular weight is 679 g/mol. The highest BCUT2D eigenvalue weighted by molar-refractivity contribution is 6.33. The first kappa shape index (κ1) is 32.9. The second-order valence-corrected chi connectivity index (χ2v) is 12.9. The number of halogens is 1. The van der Waals surface area contributed by atoms with Crippen LogP contribution >= 0.6 is 11.6 Å². The number of morpholine rings is 1. The van der Waals surface area contributed by atoms with Crippen LogP contribution < -0.4 is 14.8 Å². The van der Waals surface area contributed by atoms with E-state index in [9.17, 15) is 4.79 Å². The molecule has 1 N–H and O–H groups in total. The summed E-state index contributed by atoms with van der Waals surface area (Å²) in [6, 6.07) is 24.4. The number of anilines is 2. The molecule has 11 heteroatoms. The first-order valence-corrected chi connectivity index (χ1v) is 17.1. The van der Waals surface area contributed by atoms with E-state index in [1.54, 1.807) is 30.3 Å². The van der Waals surface area contributed by atoms with Gasteiger partial charge in [-0.3, -0.25) is 9.80 Å². The number of carbonyl (C=O) groups excluding carboxylic acids is 1. The molecule has 2 saturated heterocycles. The van der Waals surface area contributed by atoms with Crippen LogP contribution in [0.3, 0.4) is 0 Å². The Labute approximate surface area is 291 Å². The molecule has 3 heterocycles. The molecule has 0 radical (unpaired) electrons. The van der Waals surface area contributed by atoms with Gasteiger partial charge in [0.05, 0.1) is 24.3 Å². The average Bonchev–Trinajstić information content (AvgIpc) is 3.64. The molecular formula is C38H39ClN6O4. The summed E-state index contributed by atoms with van der Waals surface area (Å²) in [5.74, 6) is 1.19. The molecular weight excluding hydrogens is 640 g/mol. The highest BCUT2D eigenvalue weighted by atomic mass is 35.5. The van der Waals surface area contributed by atoms with Crippen molar-refractivity contribution >= 4 is 40.2 Å². The van der Waals surface area contributed by atoms with E-state index in [1.807, 2.05) is 55.5 Å². The minimum Gasteiger partial charge on any atom is -0.492 e. The topological polar surface area (TPSA) is 102 Å². The smallest absolute Gasteiger partial charge is 0.343 e. The number of rotatable bonds is 11. The second kappa shape index (κ2) is 15.3. The molecule has 0 bridgehead atoms. The number of carbonyl (C=O) groups is 1. The fourth-order valence-electron chi connectivity index (χ4n) is 6.20. The maximum Gasteiger partial charge on any atom is 0.343 e. The van der Waals surface area contributed by atoms with Crippen molar-refractivity contribution in [2.24, 2.45) is 0 Å². The summed E-state index contributed by atoms with van der Waals surface area (Å²) in [5, 5.41) is 12.6. The molecule has 252 valence electrons. The minimum atomic E-state index is -0.435. The number of hydrogen-bond acceptors (Lipinski definition) is 10. The fraction of sp³-hybridized carbons (Fsp3) is 0.316. The van der Waals surface area contributed by atoms with E-state index >= 15 is 0 Å². The summed E-state index contributed by atoms with van der Waals surface area (Å²) in [5.41, 5.74) is 6.24. The zero-order chi connectivity index (χ0) is 33.6. The maximum atomic E-state index is 13.0. The van der Waals surface area contributed by atoms with Crippen molar-refractivity contribution in [3.05, 3.63) is 101 Å². The molecule has 5 aromatic rings. The van der Waals surface area contributed by atoms with Crippen LogP contribution in [0.5, 0.6) is 11.5 Å². The minimum absolute atomic E-state index is 0.395. The zero-order valence-corrected chi connectivity index (χ0v) is 28.3. The molecule has 0 aliphatic carbocycles. The summed E-state index contributed by atoms with van der Waals surface area (Å²) in [6.45, 7) is 10.1. The molecule has 2 fully saturated rings. The lowest BCUT2D eigenvalue weighted by Gasteiger charge is -2.26. The largest absolute Gasteiger partial charge is 0.492 e. The van der Waals surface area contributed by atoms with Crippen molar-refractivity contribution in [3.8, 4) is 22.6 Å². The molecule has 0 amide bonds. The zero-order valence-electron chi connectivity index (χ0n) is 27.5. The second-order valence-electron chi connectivity index (χ2n) is 12.5. The van der Waals surface area contributed by atoms with Gasteiger partial charge in [0, 0.05) is 42.5 Å². The van der Waals surface area contributed by atoms with Crippen LogP contribution in [0.2, 0.25) is 5.02 Å². The van der Waals surface area contributed by atoms with E-state index in [0.29, 0.717) is 40.0 Å². The Hall–Kier alpha value is -4.61. The number of ether oxygens (including phenoxy) is 3. The Balaban J connectivity index is 0.999. The van der Waals surface area contributed by atoms with Crippen molar-refractivity contribution in [1.29, 1.82) is 0 Å². The summed E-state index contributed by atoms with van der Waals surface area (Å²) in [4.78, 5) is 22.5. The number of aryl methyl sites for hydroxylation is 1. The van der Waals surface area contributed by atoms with Crippen LogP contribution in [0.1, 0.15) is 34.3 Å². The van der Waals surface area contributed by atoms with E-state index < -0.39 is 5.97 Å². The highest BCUT2D eigenvalue weighted by Crippen LogP contribution is 2.34. The molecule has 7 rings (SSSR count). The van der Waals surface area contributed by atoms with Gasteiger partial charge in [0.1, 0.15) is 23.6 Å². The third-order valence-corrected chi connectivity index (χ3v) is 9.22. The van der Waals surface area contributed by atoms with Gasteiger partial charge in [-0.25, -0.2) is 9.78 Å². The molecule has 1 aromatic heterocycles. The van der Waals surface area contributed by atoms with Gasteiger partial charge in [-0.2, -0.15) is 0 Å². The van der Waals surface area contributed by atoms with Crippen LogP contribution in [0.15, 0.2) is 78.9 Å². The lowest BCUT2D eigenvalue weighted by atomic mass is 10.0. The first-order chi connectivity index (χ1) is 24.0. The van der Waals surface area contributed by atoms with Crippen molar-refractivity contribution in [1.82, 2.24) is 25.0 Å². The van der Waals surface area contributed by atoms with E-state index in [2.05, 4.69) is 25.3 Å². The molecule has 0 atom stereocenters. The molecule has 0 unspecified atom stereocenters. The Bertz CT molecular complexity index is 1910. The first-order valence-electron chi connectivity index (χ1n) is 16.8. The Morgan fingerprint density at radius 2 is 1.63 bits per heavy atom. The van der Waals surface area contributed by atoms with Gasteiger partial charge in [-0.15, -0.1) is 10.2 Å². The van der Waals surface area contributed by atoms with Crippen molar-refractivity contribution < 1.29 is 19.0 Å². The van der Waals surface area contributed by atoms with E-state index in [-0.39, 0.29) is 0 Å². The van der Waals surface area contributed by atoms with Crippen molar-refractivity contribution in [2.75, 3.05) is 57.9 Å². The van der Waals surface area contributed by atoms with Crippen LogP contribution in [-0.2, 0) is 11.3 Å². The molecule has 4 aromatic carbocycles. The lowest BCUT2D eigenvalue weighted by Crippen LogP contribution is -2.35. The monoisotopic (exact) mass is 678 g/mol. The number of aromatic nitrogens is 3. The molecule has 10 nitrogen and oxygen atoms in total. The number of nitrogens with zero attached hydrogens (tertiary/aromatic N) is 5. The third kappa shape index (κ3) is 8.34. The number of benzene rings is 4. The number of esters is 1. The van der Waals surface area contributed by atoms with E-state index in [0.717, 1.165) is 86.1 Å². The number of hydrogen-bond donors (Lipinski definition) is 1. The summed E-state index contributed by atoms with van der Waals surface area (Å²) in [6.07, 6.45) is 2.56. The standard InChI is InChI=1S/C38H39ClN6O4/c1-26-22-29(23-35-36(26)41-38(43-42-35)40-30-8-10-31(11-9-30)48-21-18-44-14-2-3-15-44)33-24-32(12-13-34(33)39)49-37(46)28-6-4-27(5-7-28)25-45-16-19-47-20-17-45/h4-13,22-24H,2-3,14-21,25H2,1H3,(H,40,41,43). The van der Waals surface area contributed by atoms with Gasteiger partial charge < -0.3 is 19.5 Å². The molecule has 0 saturated carbocycles. The summed E-state index contributed by atoms with van der Waals surface area (Å²) >= 11 is 6.64. The van der Waals surface area contributed by atoms with Gasteiger partial charge in [-0.05, 0) is 116 Å². The fourth-order valence-corrected chi connectivity index (χ4v) is 6.43. The van der Waals surface area contributed by atoms with Crippen LogP contribution in [0.4, 0.5) is 11.6 Å². The Morgan fingerprint density at radius 1 is 0.878 bits per heavy atom. The third-order valence-electron chi connectivity index (χ3n) is 8.89. The van der Waals surface area contributed by atoms with E-state index in [4.69, 9.17) is 30.8 Å². The van der Waals surface area contributed by atoms with Gasteiger partial charge >= 0.3 is 5.97 Å². The van der Waals surface area contributed by atoms with Crippen LogP contribution in [-0.4, -0.2) is 83.5 Å². The van der Waals surface area contributed by atoms with Crippen LogP contribution in [0.25, 0.3) is 22.2 Å². The van der Waals surface area contributed by atoms with Crippen LogP contribution in [0, 0.1) is 6.92 Å². The number of fused-ring (bicyclic) bond motifs is 1. The normalized spacial score (nSPS) is 15.4. The molecule has 2 aliphatic rings. The predicted molar refractivity (Wildman–Crippen MR) is 191 cm³/mol. The molecule has 49 heavy (non-hydrogen) atoms. The van der Waals surface area contributed by atoms with Crippen molar-refractivity contribution in [3.63, 3.8) is 0 Å². The SMILES string of the molecule is Cc1cc(-c2cc(OC(=O)c3ccc(CN4CCOCC4)cc3)ccc2Cl)cc2nnc(Nc3ccc(OCCN4CCCC4)cc3)nc12. The Kier molecular flexibility index (Phi) is 10.3. The summed E-state index contributed by atoms with van der Waals surface area (Å²) in [7, 11) is 0. The van der Waals surface area contributed by atoms with Gasteiger partial charge in [0.25, 0.3) is 0 Å². The lowest BCUT2D eigenvalue weighted by molar-refractivity contribution is 0.0342. The molecule has 0 spiro atoms. The van der Waals surface area contributed by atoms with Gasteiger partial charge in [-0.1, -0.05) is 23.7 Å². The highest BCUT2D eigenvalue weighted by Gasteiger charge is 2.16.